The maximum absolute atomic E-state index is 12.7. The van der Waals surface area contributed by atoms with E-state index in [9.17, 15) is 9.59 Å². The molecule has 3 aromatic rings. The number of thioether (sulfide) groups is 1. The van der Waals surface area contributed by atoms with Gasteiger partial charge < -0.3 is 9.84 Å². The van der Waals surface area contributed by atoms with E-state index in [2.05, 4.69) is 33.1 Å². The van der Waals surface area contributed by atoms with Gasteiger partial charge >= 0.3 is 5.97 Å². The van der Waals surface area contributed by atoms with E-state index in [0.717, 1.165) is 21.3 Å². The van der Waals surface area contributed by atoms with Crippen molar-refractivity contribution in [2.24, 2.45) is 4.99 Å². The van der Waals surface area contributed by atoms with Crippen molar-refractivity contribution in [3.8, 4) is 5.75 Å². The molecule has 0 aromatic heterocycles. The van der Waals surface area contributed by atoms with Crippen LogP contribution in [0.4, 0.5) is 5.69 Å². The Bertz CT molecular complexity index is 1300. The Morgan fingerprint density at radius 2 is 1.82 bits per heavy atom. The SMILES string of the molecule is Cc1ccc(COc2ccc(/C=C3\SC(=Nc4ccc(C(=O)O)cc4)N(C)C3=O)cc2Br)cc1. The minimum Gasteiger partial charge on any atom is -0.488 e. The molecule has 3 aromatic carbocycles. The number of nitrogens with zero attached hydrogens (tertiary/aromatic N) is 2. The summed E-state index contributed by atoms with van der Waals surface area (Å²) in [7, 11) is 1.67. The lowest BCUT2D eigenvalue weighted by Gasteiger charge is -2.09. The zero-order valence-corrected chi connectivity index (χ0v) is 20.9. The first kappa shape index (κ1) is 23.8. The molecule has 34 heavy (non-hydrogen) atoms. The first-order chi connectivity index (χ1) is 16.3. The van der Waals surface area contributed by atoms with E-state index in [1.165, 1.54) is 34.4 Å². The third-order valence-electron chi connectivity index (χ3n) is 5.11. The van der Waals surface area contributed by atoms with Crippen LogP contribution in [0.5, 0.6) is 5.75 Å². The summed E-state index contributed by atoms with van der Waals surface area (Å²) < 4.78 is 6.73. The molecule has 0 atom stereocenters. The second-order valence-electron chi connectivity index (χ2n) is 7.69. The molecule has 0 radical (unpaired) electrons. The number of carboxylic acids is 1. The fraction of sp³-hybridized carbons (Fsp3) is 0.115. The minimum atomic E-state index is -0.996. The Labute approximate surface area is 210 Å². The molecule has 1 amide bonds. The summed E-state index contributed by atoms with van der Waals surface area (Å²) in [6, 6.07) is 20.1. The van der Waals surface area contributed by atoms with Crippen LogP contribution in [0.1, 0.15) is 27.0 Å². The number of aromatic carboxylic acids is 1. The van der Waals surface area contributed by atoms with E-state index in [-0.39, 0.29) is 11.5 Å². The van der Waals surface area contributed by atoms with Crippen LogP contribution in [0.25, 0.3) is 6.08 Å². The fourth-order valence-electron chi connectivity index (χ4n) is 3.16. The van der Waals surface area contributed by atoms with E-state index in [1.807, 2.05) is 43.3 Å². The summed E-state index contributed by atoms with van der Waals surface area (Å²) in [5.74, 6) is -0.427. The second kappa shape index (κ2) is 10.3. The number of halogens is 1. The third-order valence-corrected chi connectivity index (χ3v) is 6.79. The molecule has 1 N–H and O–H groups in total. The van der Waals surface area contributed by atoms with E-state index >= 15 is 0 Å². The summed E-state index contributed by atoms with van der Waals surface area (Å²) in [5, 5.41) is 9.55. The van der Waals surface area contributed by atoms with Crippen molar-refractivity contribution in [1.29, 1.82) is 0 Å². The molecule has 4 rings (SSSR count). The van der Waals surface area contributed by atoms with Gasteiger partial charge in [-0.1, -0.05) is 35.9 Å². The molecule has 6 nitrogen and oxygen atoms in total. The van der Waals surface area contributed by atoms with Crippen molar-refractivity contribution in [3.63, 3.8) is 0 Å². The van der Waals surface area contributed by atoms with Crippen LogP contribution in [0.15, 0.2) is 81.1 Å². The highest BCUT2D eigenvalue weighted by Crippen LogP contribution is 2.34. The van der Waals surface area contributed by atoms with Crippen LogP contribution in [-0.4, -0.2) is 34.1 Å². The highest BCUT2D eigenvalue weighted by Gasteiger charge is 2.30. The number of amides is 1. The van der Waals surface area contributed by atoms with Crippen molar-refractivity contribution >= 4 is 56.5 Å². The van der Waals surface area contributed by atoms with E-state index < -0.39 is 5.97 Å². The first-order valence-corrected chi connectivity index (χ1v) is 12.0. The highest BCUT2D eigenvalue weighted by molar-refractivity contribution is 9.10. The fourth-order valence-corrected chi connectivity index (χ4v) is 4.66. The third kappa shape index (κ3) is 5.58. The predicted molar refractivity (Wildman–Crippen MR) is 138 cm³/mol. The molecule has 172 valence electrons. The Balaban J connectivity index is 1.47. The van der Waals surface area contributed by atoms with E-state index in [4.69, 9.17) is 9.84 Å². The lowest BCUT2D eigenvalue weighted by Crippen LogP contribution is -2.23. The molecule has 0 bridgehead atoms. The van der Waals surface area contributed by atoms with Crippen molar-refractivity contribution in [2.45, 2.75) is 13.5 Å². The molecule has 1 saturated heterocycles. The van der Waals surface area contributed by atoms with Gasteiger partial charge in [0.1, 0.15) is 12.4 Å². The average Bonchev–Trinajstić information content (AvgIpc) is 3.07. The number of rotatable bonds is 6. The molecule has 0 aliphatic carbocycles. The predicted octanol–water partition coefficient (Wildman–Crippen LogP) is 6.27. The van der Waals surface area contributed by atoms with Crippen LogP contribution in [0.3, 0.4) is 0 Å². The number of hydrogen-bond donors (Lipinski definition) is 1. The Hall–Kier alpha value is -3.36. The van der Waals surface area contributed by atoms with Crippen molar-refractivity contribution in [2.75, 3.05) is 7.05 Å². The van der Waals surface area contributed by atoms with Crippen LogP contribution >= 0.6 is 27.7 Å². The van der Waals surface area contributed by atoms with Gasteiger partial charge in [-0.25, -0.2) is 9.79 Å². The van der Waals surface area contributed by atoms with Gasteiger partial charge in [0.2, 0.25) is 0 Å². The van der Waals surface area contributed by atoms with Gasteiger partial charge in [0.25, 0.3) is 5.91 Å². The van der Waals surface area contributed by atoms with Gasteiger partial charge in [-0.05, 0) is 88.2 Å². The summed E-state index contributed by atoms with van der Waals surface area (Å²) in [4.78, 5) is 30.3. The number of aliphatic imine (C=N–C) groups is 1. The second-order valence-corrected chi connectivity index (χ2v) is 9.55. The molecule has 0 unspecified atom stereocenters. The van der Waals surface area contributed by atoms with Crippen molar-refractivity contribution < 1.29 is 19.4 Å². The van der Waals surface area contributed by atoms with Crippen LogP contribution in [0.2, 0.25) is 0 Å². The molecule has 8 heteroatoms. The Kier molecular flexibility index (Phi) is 7.19. The van der Waals surface area contributed by atoms with Gasteiger partial charge in [0.15, 0.2) is 5.17 Å². The zero-order chi connectivity index (χ0) is 24.2. The first-order valence-electron chi connectivity index (χ1n) is 10.4. The molecule has 1 heterocycles. The van der Waals surface area contributed by atoms with Crippen LogP contribution in [-0.2, 0) is 11.4 Å². The normalized spacial score (nSPS) is 15.9. The summed E-state index contributed by atoms with van der Waals surface area (Å²) in [6.07, 6.45) is 1.81. The van der Waals surface area contributed by atoms with Gasteiger partial charge in [-0.15, -0.1) is 0 Å². The van der Waals surface area contributed by atoms with Crippen LogP contribution < -0.4 is 4.74 Å². The minimum absolute atomic E-state index is 0.151. The number of carboxylic acid groups (broad SMARTS) is 1. The number of benzene rings is 3. The summed E-state index contributed by atoms with van der Waals surface area (Å²) >= 11 is 4.83. The summed E-state index contributed by atoms with van der Waals surface area (Å²) in [6.45, 7) is 2.51. The number of carbonyl (C=O) groups excluding carboxylic acids is 1. The van der Waals surface area contributed by atoms with Crippen LogP contribution in [0, 0.1) is 6.92 Å². The summed E-state index contributed by atoms with van der Waals surface area (Å²) in [5.41, 5.74) is 3.91. The molecule has 1 fully saturated rings. The smallest absolute Gasteiger partial charge is 0.335 e. The van der Waals surface area contributed by atoms with E-state index in [0.29, 0.717) is 22.4 Å². The van der Waals surface area contributed by atoms with Gasteiger partial charge in [-0.2, -0.15) is 0 Å². The standard InChI is InChI=1S/C26H21BrN2O4S/c1-16-3-5-17(6-4-16)15-33-22-12-7-18(13-21(22)27)14-23-24(30)29(2)26(34-23)28-20-10-8-19(9-11-20)25(31)32/h3-14H,15H2,1-2H3,(H,31,32)/b23-14-,28-26?. The number of ether oxygens (including phenoxy) is 1. The number of hydrogen-bond acceptors (Lipinski definition) is 5. The molecular weight excluding hydrogens is 516 g/mol. The monoisotopic (exact) mass is 536 g/mol. The largest absolute Gasteiger partial charge is 0.488 e. The van der Waals surface area contributed by atoms with E-state index in [1.54, 1.807) is 19.2 Å². The lowest BCUT2D eigenvalue weighted by atomic mass is 10.1. The Morgan fingerprint density at radius 3 is 2.47 bits per heavy atom. The number of amidine groups is 1. The van der Waals surface area contributed by atoms with Gasteiger partial charge in [-0.3, -0.25) is 9.69 Å². The maximum Gasteiger partial charge on any atom is 0.335 e. The lowest BCUT2D eigenvalue weighted by molar-refractivity contribution is -0.121. The van der Waals surface area contributed by atoms with Gasteiger partial charge in [0.05, 0.1) is 20.6 Å². The average molecular weight is 537 g/mol. The highest BCUT2D eigenvalue weighted by atomic mass is 79.9. The van der Waals surface area contributed by atoms with Crippen molar-refractivity contribution in [1.82, 2.24) is 4.90 Å². The molecule has 1 aliphatic rings. The van der Waals surface area contributed by atoms with Crippen molar-refractivity contribution in [3.05, 3.63) is 98.4 Å². The number of likely N-dealkylation sites (N-methyl/N-ethyl adjacent to an activating group) is 1. The number of aryl methyl sites for hydroxylation is 1. The maximum atomic E-state index is 12.7. The number of carbonyl (C=O) groups is 2. The van der Waals surface area contributed by atoms with Gasteiger partial charge in [0, 0.05) is 7.05 Å². The zero-order valence-electron chi connectivity index (χ0n) is 18.5. The molecule has 0 spiro atoms. The molecule has 1 aliphatic heterocycles. The molecule has 0 saturated carbocycles. The molecular formula is C26H21BrN2O4S. The Morgan fingerprint density at radius 1 is 1.12 bits per heavy atom. The topological polar surface area (TPSA) is 79.2 Å². The quantitative estimate of drug-likeness (QED) is 0.375.